The van der Waals surface area contributed by atoms with Crippen LogP contribution in [0.2, 0.25) is 0 Å². The molecule has 0 aromatic heterocycles. The lowest BCUT2D eigenvalue weighted by molar-refractivity contribution is -0.137. The smallest absolute Gasteiger partial charge is 0.330 e. The fourth-order valence-electron chi connectivity index (χ4n) is 5.58. The molecule has 3 heteroatoms. The van der Waals surface area contributed by atoms with Crippen LogP contribution in [0.4, 0.5) is 0 Å². The van der Waals surface area contributed by atoms with E-state index in [4.69, 9.17) is 4.74 Å². The van der Waals surface area contributed by atoms with Crippen LogP contribution in [0.25, 0.3) is 11.1 Å². The van der Waals surface area contributed by atoms with Crippen LogP contribution in [0.3, 0.4) is 0 Å². The molecule has 3 rings (SSSR count). The van der Waals surface area contributed by atoms with Crippen molar-refractivity contribution in [3.8, 4) is 17.2 Å². The molecular weight excluding hydrogens is 430 g/mol. The zero-order valence-corrected chi connectivity index (χ0v) is 21.6. The van der Waals surface area contributed by atoms with E-state index in [1.165, 1.54) is 41.2 Å². The van der Waals surface area contributed by atoms with Crippen molar-refractivity contribution < 1.29 is 9.53 Å². The van der Waals surface area contributed by atoms with Crippen molar-refractivity contribution >= 4 is 5.97 Å². The molecule has 1 aliphatic rings. The van der Waals surface area contributed by atoms with Crippen LogP contribution in [0.1, 0.15) is 101 Å². The number of carbonyl (C=O) groups excluding carboxylic acids is 1. The van der Waals surface area contributed by atoms with E-state index in [1.807, 2.05) is 0 Å². The van der Waals surface area contributed by atoms with E-state index in [1.54, 1.807) is 0 Å². The van der Waals surface area contributed by atoms with Crippen molar-refractivity contribution in [2.45, 2.75) is 89.9 Å². The first-order valence-corrected chi connectivity index (χ1v) is 13.4. The SMILES string of the molecule is C=CC(=O)OCCCCCC1(C#N)CCCC(c2cccc(-c3ccc(C(C)CCC)cc3)c2)C1. The number of esters is 1. The maximum atomic E-state index is 11.2. The van der Waals surface area contributed by atoms with Crippen molar-refractivity contribution in [1.29, 1.82) is 5.26 Å². The van der Waals surface area contributed by atoms with E-state index >= 15 is 0 Å². The highest BCUT2D eigenvalue weighted by Crippen LogP contribution is 2.47. The second-order valence-corrected chi connectivity index (χ2v) is 10.3. The lowest BCUT2D eigenvalue weighted by Gasteiger charge is -2.36. The Morgan fingerprint density at radius 2 is 2.00 bits per heavy atom. The molecule has 0 heterocycles. The molecule has 0 spiro atoms. The van der Waals surface area contributed by atoms with Crippen molar-refractivity contribution in [3.05, 3.63) is 72.3 Å². The molecule has 3 nitrogen and oxygen atoms in total. The Morgan fingerprint density at radius 1 is 1.20 bits per heavy atom. The summed E-state index contributed by atoms with van der Waals surface area (Å²) in [5.74, 6) is 0.669. The lowest BCUT2D eigenvalue weighted by atomic mass is 9.66. The predicted molar refractivity (Wildman–Crippen MR) is 144 cm³/mol. The number of nitriles is 1. The molecule has 35 heavy (non-hydrogen) atoms. The number of rotatable bonds is 12. The Balaban J connectivity index is 1.61. The van der Waals surface area contributed by atoms with Gasteiger partial charge in [0.1, 0.15) is 0 Å². The van der Waals surface area contributed by atoms with E-state index < -0.39 is 0 Å². The highest BCUT2D eigenvalue weighted by atomic mass is 16.5. The number of nitrogens with zero attached hydrogens (tertiary/aromatic N) is 1. The molecule has 3 atom stereocenters. The highest BCUT2D eigenvalue weighted by Gasteiger charge is 2.36. The zero-order chi connectivity index (χ0) is 25.1. The normalized spacial score (nSPS) is 20.5. The third-order valence-corrected chi connectivity index (χ3v) is 7.69. The first-order valence-electron chi connectivity index (χ1n) is 13.4. The second kappa shape index (κ2) is 13.3. The molecule has 0 aliphatic heterocycles. The Hall–Kier alpha value is -2.86. The fraction of sp³-hybridized carbons (Fsp3) is 0.500. The van der Waals surface area contributed by atoms with Crippen LogP contribution in [0.15, 0.2) is 61.2 Å². The van der Waals surface area contributed by atoms with Crippen molar-refractivity contribution in [1.82, 2.24) is 0 Å². The molecule has 1 fully saturated rings. The van der Waals surface area contributed by atoms with Gasteiger partial charge in [0.25, 0.3) is 0 Å². The van der Waals surface area contributed by atoms with Gasteiger partial charge in [-0.2, -0.15) is 5.26 Å². The number of carbonyl (C=O) groups is 1. The van der Waals surface area contributed by atoms with Crippen LogP contribution in [-0.4, -0.2) is 12.6 Å². The van der Waals surface area contributed by atoms with Gasteiger partial charge in [-0.1, -0.05) is 94.6 Å². The van der Waals surface area contributed by atoms with Crippen LogP contribution < -0.4 is 0 Å². The fourth-order valence-corrected chi connectivity index (χ4v) is 5.58. The molecule has 0 bridgehead atoms. The van der Waals surface area contributed by atoms with Gasteiger partial charge in [-0.3, -0.25) is 0 Å². The van der Waals surface area contributed by atoms with Gasteiger partial charge in [0.15, 0.2) is 0 Å². The quantitative estimate of drug-likeness (QED) is 0.177. The molecule has 2 aromatic carbocycles. The molecule has 0 amide bonds. The minimum absolute atomic E-state index is 0.242. The summed E-state index contributed by atoms with van der Waals surface area (Å²) in [7, 11) is 0. The average molecular weight is 472 g/mol. The summed E-state index contributed by atoms with van der Waals surface area (Å²) in [6, 6.07) is 20.7. The molecule has 0 radical (unpaired) electrons. The number of ether oxygens (including phenoxy) is 1. The van der Waals surface area contributed by atoms with Crippen LogP contribution >= 0.6 is 0 Å². The monoisotopic (exact) mass is 471 g/mol. The first-order chi connectivity index (χ1) is 17.0. The molecule has 186 valence electrons. The second-order valence-electron chi connectivity index (χ2n) is 10.3. The third kappa shape index (κ3) is 7.56. The van der Waals surface area contributed by atoms with E-state index in [9.17, 15) is 10.1 Å². The van der Waals surface area contributed by atoms with Gasteiger partial charge in [0.2, 0.25) is 0 Å². The summed E-state index contributed by atoms with van der Waals surface area (Å²) < 4.78 is 5.06. The van der Waals surface area contributed by atoms with Crippen LogP contribution in [0.5, 0.6) is 0 Å². The summed E-state index contributed by atoms with van der Waals surface area (Å²) in [5, 5.41) is 10.1. The standard InChI is InChI=1S/C32H41NO2/c1-4-11-25(3)26-15-17-27(18-16-26)28-12-9-13-29(22-28)30-14-10-20-32(23-30,24-33)19-7-6-8-21-35-31(34)5-2/h5,9,12-13,15-18,22,25,30H,2,4,6-8,10-11,14,19-21,23H2,1,3H3. The van der Waals surface area contributed by atoms with E-state index in [-0.39, 0.29) is 11.4 Å². The predicted octanol–water partition coefficient (Wildman–Crippen LogP) is 8.71. The number of unbranched alkanes of at least 4 members (excludes halogenated alkanes) is 2. The summed E-state index contributed by atoms with van der Waals surface area (Å²) in [6.45, 7) is 8.40. The van der Waals surface area contributed by atoms with Gasteiger partial charge < -0.3 is 4.74 Å². The Labute approximate surface area is 212 Å². The summed E-state index contributed by atoms with van der Waals surface area (Å²) in [6.07, 6.45) is 11.5. The molecular formula is C32H41NO2. The molecule has 2 aromatic rings. The maximum Gasteiger partial charge on any atom is 0.330 e. The largest absolute Gasteiger partial charge is 0.463 e. The summed E-state index contributed by atoms with van der Waals surface area (Å²) in [5.41, 5.74) is 5.06. The maximum absolute atomic E-state index is 11.2. The van der Waals surface area contributed by atoms with Crippen LogP contribution in [-0.2, 0) is 9.53 Å². The third-order valence-electron chi connectivity index (χ3n) is 7.69. The number of hydrogen-bond donors (Lipinski definition) is 0. The van der Waals surface area contributed by atoms with Crippen molar-refractivity contribution in [2.75, 3.05) is 6.61 Å². The summed E-state index contributed by atoms with van der Waals surface area (Å²) in [4.78, 5) is 11.2. The Bertz CT molecular complexity index is 1000. The first kappa shape index (κ1) is 26.7. The van der Waals surface area contributed by atoms with Gasteiger partial charge in [-0.15, -0.1) is 0 Å². The zero-order valence-electron chi connectivity index (χ0n) is 21.6. The van der Waals surface area contributed by atoms with Gasteiger partial charge in [0.05, 0.1) is 18.1 Å². The van der Waals surface area contributed by atoms with E-state index in [2.05, 4.69) is 75.0 Å². The Morgan fingerprint density at radius 3 is 2.71 bits per heavy atom. The minimum Gasteiger partial charge on any atom is -0.463 e. The topological polar surface area (TPSA) is 50.1 Å². The minimum atomic E-state index is -0.363. The lowest BCUT2D eigenvalue weighted by Crippen LogP contribution is -2.26. The van der Waals surface area contributed by atoms with Gasteiger partial charge >= 0.3 is 5.97 Å². The summed E-state index contributed by atoms with van der Waals surface area (Å²) >= 11 is 0. The molecule has 3 unspecified atom stereocenters. The molecule has 0 N–H and O–H groups in total. The van der Waals surface area contributed by atoms with Crippen molar-refractivity contribution in [2.24, 2.45) is 5.41 Å². The van der Waals surface area contributed by atoms with Gasteiger partial charge in [-0.05, 0) is 72.6 Å². The van der Waals surface area contributed by atoms with Crippen molar-refractivity contribution in [3.63, 3.8) is 0 Å². The molecule has 0 saturated heterocycles. The van der Waals surface area contributed by atoms with Crippen LogP contribution in [0, 0.1) is 16.7 Å². The number of hydrogen-bond acceptors (Lipinski definition) is 3. The van der Waals surface area contributed by atoms with Gasteiger partial charge in [0, 0.05) is 6.08 Å². The molecule has 1 aliphatic carbocycles. The highest BCUT2D eigenvalue weighted by molar-refractivity contribution is 5.81. The van der Waals surface area contributed by atoms with E-state index in [0.717, 1.165) is 51.4 Å². The van der Waals surface area contributed by atoms with E-state index in [0.29, 0.717) is 18.4 Å². The average Bonchev–Trinajstić information content (AvgIpc) is 2.91. The molecule has 1 saturated carbocycles. The van der Waals surface area contributed by atoms with Gasteiger partial charge in [-0.25, -0.2) is 4.79 Å². The Kier molecular flexibility index (Phi) is 10.2. The number of benzene rings is 2.